The van der Waals surface area contributed by atoms with Gasteiger partial charge < -0.3 is 14.4 Å². The van der Waals surface area contributed by atoms with E-state index in [1.54, 1.807) is 19.2 Å². The Morgan fingerprint density at radius 1 is 0.852 bits per heavy atom. The van der Waals surface area contributed by atoms with E-state index in [9.17, 15) is 5.11 Å². The summed E-state index contributed by atoms with van der Waals surface area (Å²) in [5.74, 6) is 1.59. The first-order valence-electron chi connectivity index (χ1n) is 9.16. The standard InChI is InChI=1S/C24H23NO2/c1-16(2)18-6-13-23-19(14-18)15-24(17-4-11-22(27-3)12-5-17)25(23)20-7-9-21(26)10-8-20/h4-16,26H,1-3H3. The fraction of sp³-hybridized carbons (Fsp3) is 0.167. The van der Waals surface area contributed by atoms with Crippen LogP contribution in [-0.2, 0) is 0 Å². The van der Waals surface area contributed by atoms with Crippen molar-refractivity contribution in [3.05, 3.63) is 78.4 Å². The predicted octanol–water partition coefficient (Wildman–Crippen LogP) is 6.14. The summed E-state index contributed by atoms with van der Waals surface area (Å²) in [6.45, 7) is 4.42. The lowest BCUT2D eigenvalue weighted by Gasteiger charge is -2.12. The molecule has 0 aliphatic heterocycles. The number of rotatable bonds is 4. The van der Waals surface area contributed by atoms with Crippen molar-refractivity contribution in [1.82, 2.24) is 4.57 Å². The minimum Gasteiger partial charge on any atom is -0.508 e. The van der Waals surface area contributed by atoms with Gasteiger partial charge in [-0.15, -0.1) is 0 Å². The molecule has 3 heteroatoms. The molecule has 1 aromatic heterocycles. The molecule has 0 fully saturated rings. The van der Waals surface area contributed by atoms with E-state index in [0.717, 1.165) is 28.2 Å². The second-order valence-corrected chi connectivity index (χ2v) is 7.08. The van der Waals surface area contributed by atoms with Gasteiger partial charge in [-0.05, 0) is 83.8 Å². The van der Waals surface area contributed by atoms with E-state index in [-0.39, 0.29) is 5.75 Å². The number of ether oxygens (including phenoxy) is 1. The van der Waals surface area contributed by atoms with Crippen LogP contribution in [0.4, 0.5) is 0 Å². The normalized spacial score (nSPS) is 11.3. The topological polar surface area (TPSA) is 34.4 Å². The molecule has 1 N–H and O–H groups in total. The van der Waals surface area contributed by atoms with Crippen LogP contribution < -0.4 is 4.74 Å². The Balaban J connectivity index is 1.97. The molecule has 0 spiro atoms. The number of aromatic nitrogens is 1. The first-order chi connectivity index (χ1) is 13.1. The molecule has 0 atom stereocenters. The molecular formula is C24H23NO2. The second-order valence-electron chi connectivity index (χ2n) is 7.08. The lowest BCUT2D eigenvalue weighted by atomic mass is 10.0. The predicted molar refractivity (Wildman–Crippen MR) is 111 cm³/mol. The van der Waals surface area contributed by atoms with Crippen LogP contribution in [0, 0.1) is 0 Å². The van der Waals surface area contributed by atoms with Crippen molar-refractivity contribution in [2.45, 2.75) is 19.8 Å². The van der Waals surface area contributed by atoms with E-state index in [0.29, 0.717) is 5.92 Å². The molecule has 4 rings (SSSR count). The number of phenols is 1. The van der Waals surface area contributed by atoms with Gasteiger partial charge >= 0.3 is 0 Å². The van der Waals surface area contributed by atoms with Gasteiger partial charge in [0.05, 0.1) is 18.3 Å². The Bertz CT molecular complexity index is 1070. The van der Waals surface area contributed by atoms with Crippen LogP contribution in [0.2, 0.25) is 0 Å². The molecule has 4 aromatic rings. The SMILES string of the molecule is COc1ccc(-c2cc3cc(C(C)C)ccc3n2-c2ccc(O)cc2)cc1. The van der Waals surface area contributed by atoms with Gasteiger partial charge in [-0.25, -0.2) is 0 Å². The third kappa shape index (κ3) is 3.17. The van der Waals surface area contributed by atoms with Gasteiger partial charge in [0.15, 0.2) is 0 Å². The summed E-state index contributed by atoms with van der Waals surface area (Å²) in [7, 11) is 1.68. The van der Waals surface area contributed by atoms with Gasteiger partial charge in [-0.3, -0.25) is 0 Å². The van der Waals surface area contributed by atoms with Crippen LogP contribution in [0.1, 0.15) is 25.3 Å². The van der Waals surface area contributed by atoms with Gasteiger partial charge in [0.25, 0.3) is 0 Å². The fourth-order valence-corrected chi connectivity index (χ4v) is 3.45. The monoisotopic (exact) mass is 357 g/mol. The molecule has 0 aliphatic carbocycles. The number of aromatic hydroxyl groups is 1. The van der Waals surface area contributed by atoms with E-state index >= 15 is 0 Å². The average molecular weight is 357 g/mol. The van der Waals surface area contributed by atoms with Crippen LogP contribution in [-0.4, -0.2) is 16.8 Å². The molecule has 1 heterocycles. The number of benzene rings is 3. The van der Waals surface area contributed by atoms with Crippen molar-refractivity contribution in [2.24, 2.45) is 0 Å². The smallest absolute Gasteiger partial charge is 0.118 e. The Morgan fingerprint density at radius 3 is 2.19 bits per heavy atom. The Hall–Kier alpha value is -3.20. The number of methoxy groups -OCH3 is 1. The summed E-state index contributed by atoms with van der Waals surface area (Å²) in [6.07, 6.45) is 0. The maximum atomic E-state index is 9.69. The molecule has 136 valence electrons. The third-order valence-corrected chi connectivity index (χ3v) is 4.99. The van der Waals surface area contributed by atoms with Crippen molar-refractivity contribution in [3.63, 3.8) is 0 Å². The molecule has 3 nitrogen and oxygen atoms in total. The van der Waals surface area contributed by atoms with E-state index < -0.39 is 0 Å². The van der Waals surface area contributed by atoms with Crippen molar-refractivity contribution in [1.29, 1.82) is 0 Å². The van der Waals surface area contributed by atoms with Crippen molar-refractivity contribution >= 4 is 10.9 Å². The summed E-state index contributed by atoms with van der Waals surface area (Å²) >= 11 is 0. The highest BCUT2D eigenvalue weighted by Crippen LogP contribution is 2.34. The van der Waals surface area contributed by atoms with Gasteiger partial charge in [-0.2, -0.15) is 0 Å². The molecule has 0 radical (unpaired) electrons. The van der Waals surface area contributed by atoms with E-state index in [1.807, 2.05) is 24.3 Å². The minimum absolute atomic E-state index is 0.267. The number of hydrogen-bond donors (Lipinski definition) is 1. The molecule has 0 aliphatic rings. The molecule has 3 aromatic carbocycles. The summed E-state index contributed by atoms with van der Waals surface area (Å²) in [6, 6.07) is 24.3. The third-order valence-electron chi connectivity index (χ3n) is 4.99. The largest absolute Gasteiger partial charge is 0.508 e. The summed E-state index contributed by atoms with van der Waals surface area (Å²) < 4.78 is 7.54. The van der Waals surface area contributed by atoms with Crippen molar-refractivity contribution in [2.75, 3.05) is 7.11 Å². The highest BCUT2D eigenvalue weighted by atomic mass is 16.5. The van der Waals surface area contributed by atoms with Crippen LogP contribution in [0.25, 0.3) is 27.8 Å². The highest BCUT2D eigenvalue weighted by molar-refractivity contribution is 5.90. The lowest BCUT2D eigenvalue weighted by Crippen LogP contribution is -1.97. The number of fused-ring (bicyclic) bond motifs is 1. The first kappa shape index (κ1) is 17.2. The van der Waals surface area contributed by atoms with E-state index in [1.165, 1.54) is 10.9 Å². The summed E-state index contributed by atoms with van der Waals surface area (Å²) in [5.41, 5.74) is 5.72. The zero-order valence-electron chi connectivity index (χ0n) is 15.8. The zero-order chi connectivity index (χ0) is 19.0. The Kier molecular flexibility index (Phi) is 4.36. The molecule has 0 bridgehead atoms. The molecule has 27 heavy (non-hydrogen) atoms. The maximum Gasteiger partial charge on any atom is 0.118 e. The van der Waals surface area contributed by atoms with Gasteiger partial charge in [-0.1, -0.05) is 19.9 Å². The number of hydrogen-bond acceptors (Lipinski definition) is 2. The van der Waals surface area contributed by atoms with E-state index in [4.69, 9.17) is 4.74 Å². The number of phenolic OH excluding ortho intramolecular Hbond substituents is 1. The Morgan fingerprint density at radius 2 is 1.56 bits per heavy atom. The molecule has 0 unspecified atom stereocenters. The molecule has 0 saturated heterocycles. The average Bonchev–Trinajstić information content (AvgIpc) is 3.07. The molecule has 0 saturated carbocycles. The maximum absolute atomic E-state index is 9.69. The summed E-state index contributed by atoms with van der Waals surface area (Å²) in [5, 5.41) is 10.9. The summed E-state index contributed by atoms with van der Waals surface area (Å²) in [4.78, 5) is 0. The van der Waals surface area contributed by atoms with Crippen LogP contribution in [0.3, 0.4) is 0 Å². The first-order valence-corrected chi connectivity index (χ1v) is 9.16. The van der Waals surface area contributed by atoms with Gasteiger partial charge in [0, 0.05) is 11.1 Å². The van der Waals surface area contributed by atoms with Gasteiger partial charge in [0.1, 0.15) is 11.5 Å². The Labute approximate surface area is 159 Å². The van der Waals surface area contributed by atoms with Crippen LogP contribution in [0.15, 0.2) is 72.8 Å². The quantitative estimate of drug-likeness (QED) is 0.476. The van der Waals surface area contributed by atoms with Gasteiger partial charge in [0.2, 0.25) is 0 Å². The number of nitrogens with zero attached hydrogens (tertiary/aromatic N) is 1. The zero-order valence-corrected chi connectivity index (χ0v) is 15.8. The molecule has 0 amide bonds. The minimum atomic E-state index is 0.267. The van der Waals surface area contributed by atoms with Crippen molar-refractivity contribution < 1.29 is 9.84 Å². The lowest BCUT2D eigenvalue weighted by molar-refractivity contribution is 0.415. The van der Waals surface area contributed by atoms with Crippen LogP contribution >= 0.6 is 0 Å². The second kappa shape index (κ2) is 6.84. The van der Waals surface area contributed by atoms with Crippen LogP contribution in [0.5, 0.6) is 11.5 Å². The van der Waals surface area contributed by atoms with Crippen molar-refractivity contribution in [3.8, 4) is 28.4 Å². The fourth-order valence-electron chi connectivity index (χ4n) is 3.45. The highest BCUT2D eigenvalue weighted by Gasteiger charge is 2.14. The molecular weight excluding hydrogens is 334 g/mol. The van der Waals surface area contributed by atoms with E-state index in [2.05, 4.69) is 54.8 Å².